The monoisotopic (exact) mass is 292 g/mol. The Kier molecular flexibility index (Phi) is 4.12. The molecule has 1 fully saturated rings. The summed E-state index contributed by atoms with van der Waals surface area (Å²) in [5.74, 6) is 0. The van der Waals surface area contributed by atoms with Crippen molar-refractivity contribution in [3.63, 3.8) is 0 Å². The number of morpholine rings is 1. The van der Waals surface area contributed by atoms with Gasteiger partial charge in [-0.15, -0.1) is 0 Å². The minimum absolute atomic E-state index is 0.188. The second kappa shape index (κ2) is 5.75. The molecule has 1 aromatic rings. The number of hydrogen-bond donors (Lipinski definition) is 1. The van der Waals surface area contributed by atoms with Gasteiger partial charge in [0.1, 0.15) is 0 Å². The Balaban J connectivity index is 1.76. The standard InChI is InChI=1S/C17H28N2O2/c1-13-10-14-15(11-17(2,3)12-16(14)20)19(13)5-4-18-6-8-21-9-7-18/h10,16,20H,4-9,11-12H2,1-3H3. The molecule has 0 aromatic carbocycles. The van der Waals surface area contributed by atoms with E-state index in [-0.39, 0.29) is 11.5 Å². The maximum Gasteiger partial charge on any atom is 0.0812 e. The second-order valence-electron chi connectivity index (χ2n) is 7.35. The minimum Gasteiger partial charge on any atom is -0.388 e. The summed E-state index contributed by atoms with van der Waals surface area (Å²) in [6, 6.07) is 2.19. The van der Waals surface area contributed by atoms with E-state index in [0.717, 1.165) is 57.8 Å². The molecule has 1 atom stereocenters. The van der Waals surface area contributed by atoms with Gasteiger partial charge >= 0.3 is 0 Å². The number of aryl methyl sites for hydroxylation is 1. The van der Waals surface area contributed by atoms with Crippen LogP contribution in [0, 0.1) is 12.3 Å². The number of aliphatic hydroxyl groups is 1. The highest BCUT2D eigenvalue weighted by Gasteiger charge is 2.34. The summed E-state index contributed by atoms with van der Waals surface area (Å²) in [5, 5.41) is 10.4. The zero-order valence-electron chi connectivity index (χ0n) is 13.6. The molecule has 0 spiro atoms. The van der Waals surface area contributed by atoms with Crippen LogP contribution in [0.25, 0.3) is 0 Å². The van der Waals surface area contributed by atoms with Crippen LogP contribution >= 0.6 is 0 Å². The lowest BCUT2D eigenvalue weighted by atomic mass is 9.75. The van der Waals surface area contributed by atoms with Crippen LogP contribution in [0.15, 0.2) is 6.07 Å². The first-order valence-electron chi connectivity index (χ1n) is 8.13. The van der Waals surface area contributed by atoms with Crippen molar-refractivity contribution in [2.75, 3.05) is 32.8 Å². The molecule has 4 heteroatoms. The number of aromatic nitrogens is 1. The van der Waals surface area contributed by atoms with Crippen LogP contribution < -0.4 is 0 Å². The van der Waals surface area contributed by atoms with Gasteiger partial charge in [-0.2, -0.15) is 0 Å². The van der Waals surface area contributed by atoms with Gasteiger partial charge < -0.3 is 14.4 Å². The van der Waals surface area contributed by atoms with Gasteiger partial charge in [0.25, 0.3) is 0 Å². The lowest BCUT2D eigenvalue weighted by Gasteiger charge is -2.34. The molecule has 1 aliphatic heterocycles. The molecule has 3 rings (SSSR count). The number of rotatable bonds is 3. The fraction of sp³-hybridized carbons (Fsp3) is 0.765. The normalized spacial score (nSPS) is 25.8. The molecule has 4 nitrogen and oxygen atoms in total. The highest BCUT2D eigenvalue weighted by Crippen LogP contribution is 2.41. The Hall–Kier alpha value is -0.840. The van der Waals surface area contributed by atoms with Crippen molar-refractivity contribution in [2.24, 2.45) is 5.41 Å². The maximum absolute atomic E-state index is 10.4. The van der Waals surface area contributed by atoms with Crippen molar-refractivity contribution in [1.29, 1.82) is 0 Å². The SMILES string of the molecule is Cc1cc2c(n1CCN1CCOCC1)CC(C)(C)CC2O. The van der Waals surface area contributed by atoms with Crippen LogP contribution in [0.3, 0.4) is 0 Å². The number of aliphatic hydroxyl groups excluding tert-OH is 1. The fourth-order valence-corrected chi connectivity index (χ4v) is 3.78. The van der Waals surface area contributed by atoms with E-state index >= 15 is 0 Å². The predicted octanol–water partition coefficient (Wildman–Crippen LogP) is 2.13. The molecule has 1 N–H and O–H groups in total. The summed E-state index contributed by atoms with van der Waals surface area (Å²) in [6.07, 6.45) is 1.63. The molecule has 21 heavy (non-hydrogen) atoms. The lowest BCUT2D eigenvalue weighted by molar-refractivity contribution is 0.0360. The van der Waals surface area contributed by atoms with Gasteiger partial charge in [-0.3, -0.25) is 4.90 Å². The van der Waals surface area contributed by atoms with Gasteiger partial charge in [0.15, 0.2) is 0 Å². The first-order chi connectivity index (χ1) is 9.96. The van der Waals surface area contributed by atoms with E-state index in [9.17, 15) is 5.11 Å². The van der Waals surface area contributed by atoms with Crippen LogP contribution in [-0.4, -0.2) is 47.4 Å². The molecule has 118 valence electrons. The Labute approximate surface area is 127 Å². The summed E-state index contributed by atoms with van der Waals surface area (Å²) in [5.41, 5.74) is 3.98. The fourth-order valence-electron chi connectivity index (χ4n) is 3.78. The average molecular weight is 292 g/mol. The van der Waals surface area contributed by atoms with Crippen LogP contribution in [0.5, 0.6) is 0 Å². The summed E-state index contributed by atoms with van der Waals surface area (Å²) >= 11 is 0. The lowest BCUT2D eigenvalue weighted by Crippen LogP contribution is -2.38. The van der Waals surface area contributed by atoms with Crippen molar-refractivity contribution in [1.82, 2.24) is 9.47 Å². The van der Waals surface area contributed by atoms with Gasteiger partial charge in [-0.05, 0) is 31.2 Å². The van der Waals surface area contributed by atoms with Gasteiger partial charge in [0.2, 0.25) is 0 Å². The molecule has 1 unspecified atom stereocenters. The second-order valence-corrected chi connectivity index (χ2v) is 7.35. The van der Waals surface area contributed by atoms with Crippen molar-refractivity contribution >= 4 is 0 Å². The first kappa shape index (κ1) is 15.1. The van der Waals surface area contributed by atoms with Crippen molar-refractivity contribution in [2.45, 2.75) is 46.3 Å². The molecule has 0 amide bonds. The molecule has 1 aromatic heterocycles. The van der Waals surface area contributed by atoms with E-state index in [0.29, 0.717) is 0 Å². The van der Waals surface area contributed by atoms with Gasteiger partial charge in [0.05, 0.1) is 19.3 Å². The number of fused-ring (bicyclic) bond motifs is 1. The molecular formula is C17H28N2O2. The van der Waals surface area contributed by atoms with Gasteiger partial charge in [-0.1, -0.05) is 13.8 Å². The van der Waals surface area contributed by atoms with Crippen LogP contribution in [0.1, 0.15) is 43.3 Å². The van der Waals surface area contributed by atoms with Crippen LogP contribution in [0.2, 0.25) is 0 Å². The third-order valence-electron chi connectivity index (χ3n) is 4.94. The molecule has 0 bridgehead atoms. The highest BCUT2D eigenvalue weighted by atomic mass is 16.5. The van der Waals surface area contributed by atoms with Crippen molar-refractivity contribution < 1.29 is 9.84 Å². The minimum atomic E-state index is -0.299. The largest absolute Gasteiger partial charge is 0.388 e. The van der Waals surface area contributed by atoms with E-state index in [1.807, 2.05) is 0 Å². The van der Waals surface area contributed by atoms with Crippen molar-refractivity contribution in [3.05, 3.63) is 23.0 Å². The Morgan fingerprint density at radius 1 is 1.29 bits per heavy atom. The Morgan fingerprint density at radius 3 is 2.71 bits per heavy atom. The summed E-state index contributed by atoms with van der Waals surface area (Å²) in [6.45, 7) is 12.6. The first-order valence-corrected chi connectivity index (χ1v) is 8.13. The van der Waals surface area contributed by atoms with E-state index in [1.165, 1.54) is 11.4 Å². The van der Waals surface area contributed by atoms with E-state index in [4.69, 9.17) is 4.74 Å². The molecule has 1 aliphatic carbocycles. The smallest absolute Gasteiger partial charge is 0.0812 e. The Bertz CT molecular complexity index is 501. The average Bonchev–Trinajstić information content (AvgIpc) is 2.73. The zero-order chi connectivity index (χ0) is 15.0. The summed E-state index contributed by atoms with van der Waals surface area (Å²) < 4.78 is 7.84. The molecular weight excluding hydrogens is 264 g/mol. The molecule has 0 radical (unpaired) electrons. The van der Waals surface area contributed by atoms with Crippen LogP contribution in [-0.2, 0) is 17.7 Å². The maximum atomic E-state index is 10.4. The van der Waals surface area contributed by atoms with E-state index in [2.05, 4.69) is 36.3 Å². The molecule has 0 saturated carbocycles. The topological polar surface area (TPSA) is 37.6 Å². The van der Waals surface area contributed by atoms with Gasteiger partial charge in [-0.25, -0.2) is 0 Å². The number of nitrogens with zero attached hydrogens (tertiary/aromatic N) is 2. The Morgan fingerprint density at radius 2 is 2.00 bits per heavy atom. The zero-order valence-corrected chi connectivity index (χ0v) is 13.6. The van der Waals surface area contributed by atoms with E-state index in [1.54, 1.807) is 0 Å². The predicted molar refractivity (Wildman–Crippen MR) is 83.5 cm³/mol. The third-order valence-corrected chi connectivity index (χ3v) is 4.94. The molecule has 2 aliphatic rings. The number of ether oxygens (including phenoxy) is 1. The third kappa shape index (κ3) is 3.17. The molecule has 2 heterocycles. The number of hydrogen-bond acceptors (Lipinski definition) is 3. The summed E-state index contributed by atoms with van der Waals surface area (Å²) in [7, 11) is 0. The quantitative estimate of drug-likeness (QED) is 0.927. The van der Waals surface area contributed by atoms with Gasteiger partial charge in [0, 0.05) is 43.1 Å². The summed E-state index contributed by atoms with van der Waals surface area (Å²) in [4.78, 5) is 2.47. The molecule has 1 saturated heterocycles. The van der Waals surface area contributed by atoms with Crippen molar-refractivity contribution in [3.8, 4) is 0 Å². The van der Waals surface area contributed by atoms with E-state index < -0.39 is 0 Å². The van der Waals surface area contributed by atoms with Crippen LogP contribution in [0.4, 0.5) is 0 Å². The highest BCUT2D eigenvalue weighted by molar-refractivity contribution is 5.33.